The monoisotopic (exact) mass is 1330 g/mol. The summed E-state index contributed by atoms with van der Waals surface area (Å²) in [7, 11) is -8.96. The molecule has 0 aliphatic carbocycles. The fraction of sp³-hybridized carbons (Fsp3) is 0.489. The number of carbonyl (C=O) groups excluding carboxylic acids is 4. The van der Waals surface area contributed by atoms with E-state index in [1.807, 2.05) is 4.72 Å². The van der Waals surface area contributed by atoms with Crippen molar-refractivity contribution in [2.24, 2.45) is 11.5 Å². The molecule has 472 valence electrons. The molecule has 0 radical (unpaired) electrons. The normalized spacial score (nSPS) is 14.5. The molecule has 0 amide bonds. The Morgan fingerprint density at radius 2 is 1.09 bits per heavy atom. The zero-order valence-corrected chi connectivity index (χ0v) is 50.0. The number of para-hydroxylation sites is 3. The number of aliphatic hydroxyl groups is 4. The number of carboxylic acids is 2. The minimum Gasteiger partial charge on any atom is -0.550 e. The average molecular weight is 1330 g/mol. The number of nitro benzene ring substituents is 3. The van der Waals surface area contributed by atoms with Crippen molar-refractivity contribution in [3.63, 3.8) is 0 Å². The third-order valence-electron chi connectivity index (χ3n) is 10.3. The van der Waals surface area contributed by atoms with Crippen LogP contribution >= 0.6 is 15.9 Å². The van der Waals surface area contributed by atoms with Crippen LogP contribution in [0.15, 0.2) is 87.5 Å². The summed E-state index contributed by atoms with van der Waals surface area (Å²) in [6.45, 7) is -0.981. The molecule has 0 bridgehead atoms. The number of hydrogen-bond donors (Lipinski definition) is 8. The van der Waals surface area contributed by atoms with Gasteiger partial charge in [-0.3, -0.25) is 49.5 Å². The maximum Gasteiger partial charge on any atom is 1.00 e. The number of carboxylic acid groups (broad SMARTS) is 2. The SMILES string of the molecule is COC(=O)CC(O)CN.COC(=O)CC(O)CN(CCBr)S(=O)(=O)c1ccccc1[N+](=O)[O-].COC(=O)CC(O)CNS(=O)(=O)c1ccccc1[N+](=O)[O-].NCC(O)CC(=O)O.O=C([O-])CC1CN(S(=O)(=O)c2ccccc2[N+](=O)[O-])CCO1.[Li+]. The molecular formula is C45H64BrLiN8O27S3. The van der Waals surface area contributed by atoms with Crippen LogP contribution in [-0.2, 0) is 73.0 Å². The van der Waals surface area contributed by atoms with Gasteiger partial charge in [-0.2, -0.15) is 8.61 Å². The average Bonchev–Trinajstić information content (AvgIpc) is 3.60. The molecule has 5 unspecified atom stereocenters. The van der Waals surface area contributed by atoms with Gasteiger partial charge >= 0.3 is 42.7 Å². The number of aliphatic carboxylic acids is 2. The summed E-state index contributed by atoms with van der Waals surface area (Å²) in [5.41, 5.74) is 8.27. The van der Waals surface area contributed by atoms with E-state index < -0.39 is 163 Å². The van der Waals surface area contributed by atoms with Crippen molar-refractivity contribution >= 4 is 92.9 Å². The third kappa shape index (κ3) is 30.1. The Bertz CT molecular complexity index is 3010. The smallest absolute Gasteiger partial charge is 0.550 e. The molecule has 3 aromatic rings. The van der Waals surface area contributed by atoms with E-state index in [1.165, 1.54) is 43.5 Å². The molecule has 1 saturated heterocycles. The van der Waals surface area contributed by atoms with Crippen molar-refractivity contribution in [2.45, 2.75) is 77.3 Å². The number of nitro groups is 3. The van der Waals surface area contributed by atoms with Crippen LogP contribution in [-0.4, -0.2) is 214 Å². The van der Waals surface area contributed by atoms with Gasteiger partial charge in [-0.05, 0) is 18.2 Å². The molecule has 40 heteroatoms. The number of carbonyl (C=O) groups is 5. The molecule has 35 nitrogen and oxygen atoms in total. The van der Waals surface area contributed by atoms with Crippen molar-refractivity contribution in [1.29, 1.82) is 0 Å². The topological polar surface area (TPSA) is 549 Å². The van der Waals surface area contributed by atoms with E-state index in [9.17, 15) is 94.9 Å². The second kappa shape index (κ2) is 40.9. The van der Waals surface area contributed by atoms with Gasteiger partial charge in [-0.15, -0.1) is 0 Å². The predicted octanol–water partition coefficient (Wildman–Crippen LogP) is -5.52. The van der Waals surface area contributed by atoms with Gasteiger partial charge in [0, 0.05) is 81.7 Å². The fourth-order valence-electron chi connectivity index (χ4n) is 6.24. The number of esters is 3. The van der Waals surface area contributed by atoms with E-state index in [1.54, 1.807) is 0 Å². The number of nitrogens with zero attached hydrogens (tertiary/aromatic N) is 5. The van der Waals surface area contributed by atoms with Gasteiger partial charge in [-0.25, -0.2) is 30.0 Å². The molecule has 0 saturated carbocycles. The number of benzene rings is 3. The van der Waals surface area contributed by atoms with E-state index in [2.05, 4.69) is 30.1 Å². The molecule has 85 heavy (non-hydrogen) atoms. The number of morpholine rings is 1. The molecule has 1 aliphatic heterocycles. The standard InChI is InChI=1S/C13H17BrN2O7S.C12H14N2O7S.C11H14N2O7S.C5H11NO3.C4H9NO3.Li/c1-23-13(18)8-10(17)9-15(7-6-14)24(21,22)12-5-3-2-4-11(12)16(19)20;15-12(16)7-9-8-13(5-6-21-9)22(19,20)11-4-2-1-3-10(11)14(17)18;1-20-11(15)6-8(14)7-12-21(18,19)10-5-3-2-4-9(10)13(16)17;1-9-5(8)2-4(7)3-6;5-2-3(6)1-4(7)8;/h2-5,10,17H,6-9H2,1H3;1-4,9H,5-8H2,(H,15,16);2-5,8,12,14H,6-7H2,1H3;4,7H,2-3,6H2,1H3;3,6H,1-2,5H2,(H,7,8);/q;;;;;+1/p-1. The summed E-state index contributed by atoms with van der Waals surface area (Å²) < 4.78 is 96.5. The largest absolute Gasteiger partial charge is 1.00 e. The zero-order valence-electron chi connectivity index (χ0n) is 45.9. The first-order chi connectivity index (χ1) is 39.2. The number of alkyl halides is 1. The van der Waals surface area contributed by atoms with Crippen molar-refractivity contribution in [3.05, 3.63) is 103 Å². The minimum absolute atomic E-state index is 0. The Labute approximate surface area is 507 Å². The van der Waals surface area contributed by atoms with Crippen LogP contribution in [0.25, 0.3) is 0 Å². The molecule has 5 atom stereocenters. The summed E-state index contributed by atoms with van der Waals surface area (Å²) in [5.74, 6) is -4.21. The molecule has 4 rings (SSSR count). The number of sulfonamides is 3. The van der Waals surface area contributed by atoms with Crippen molar-refractivity contribution in [2.75, 3.05) is 79.1 Å². The van der Waals surface area contributed by atoms with E-state index in [4.69, 9.17) is 31.5 Å². The van der Waals surface area contributed by atoms with E-state index in [0.717, 1.165) is 59.2 Å². The second-order valence-electron chi connectivity index (χ2n) is 16.5. The van der Waals surface area contributed by atoms with Crippen LogP contribution in [0.5, 0.6) is 0 Å². The summed E-state index contributed by atoms with van der Waals surface area (Å²) in [4.78, 5) is 81.8. The van der Waals surface area contributed by atoms with Crippen LogP contribution in [0.1, 0.15) is 32.1 Å². The Morgan fingerprint density at radius 3 is 1.51 bits per heavy atom. The fourth-order valence-corrected chi connectivity index (χ4v) is 11.4. The molecule has 1 fully saturated rings. The Morgan fingerprint density at radius 1 is 0.694 bits per heavy atom. The van der Waals surface area contributed by atoms with Crippen LogP contribution in [0.3, 0.4) is 0 Å². The van der Waals surface area contributed by atoms with Gasteiger partial charge in [0.2, 0.25) is 30.1 Å². The van der Waals surface area contributed by atoms with Crippen LogP contribution < -0.4 is 40.2 Å². The number of nitrogens with two attached hydrogens (primary N) is 2. The van der Waals surface area contributed by atoms with Gasteiger partial charge < -0.3 is 65.8 Å². The molecule has 3 aromatic carbocycles. The van der Waals surface area contributed by atoms with Gasteiger partial charge in [-0.1, -0.05) is 52.3 Å². The van der Waals surface area contributed by atoms with Gasteiger partial charge in [0.05, 0.1) is 98.9 Å². The van der Waals surface area contributed by atoms with Crippen molar-refractivity contribution in [1.82, 2.24) is 13.3 Å². The summed E-state index contributed by atoms with van der Waals surface area (Å²) in [5, 5.41) is 88.3. The summed E-state index contributed by atoms with van der Waals surface area (Å²) in [6.07, 6.45) is -6.60. The number of hydrogen-bond acceptors (Lipinski definition) is 28. The zero-order chi connectivity index (χ0) is 64.5. The second-order valence-corrected chi connectivity index (χ2v) is 22.9. The first kappa shape index (κ1) is 80.8. The van der Waals surface area contributed by atoms with E-state index in [-0.39, 0.29) is 82.8 Å². The summed E-state index contributed by atoms with van der Waals surface area (Å²) >= 11 is 3.10. The third-order valence-corrected chi connectivity index (χ3v) is 16.0. The number of halogens is 1. The quantitative estimate of drug-likeness (QED) is 0.00881. The number of ether oxygens (including phenoxy) is 4. The Hall–Kier alpha value is -6.26. The van der Waals surface area contributed by atoms with Crippen LogP contribution in [0.2, 0.25) is 0 Å². The van der Waals surface area contributed by atoms with Gasteiger partial charge in [0.25, 0.3) is 17.1 Å². The first-order valence-electron chi connectivity index (χ1n) is 23.8. The van der Waals surface area contributed by atoms with Gasteiger partial charge in [0.15, 0.2) is 14.7 Å². The molecule has 1 aliphatic rings. The number of rotatable bonds is 27. The predicted molar refractivity (Wildman–Crippen MR) is 289 cm³/mol. The van der Waals surface area contributed by atoms with Gasteiger partial charge in [0.1, 0.15) is 0 Å². The molecular weight excluding hydrogens is 1270 g/mol. The van der Waals surface area contributed by atoms with E-state index in [0.29, 0.717) is 0 Å². The Kier molecular flexibility index (Phi) is 38.9. The van der Waals surface area contributed by atoms with Crippen LogP contribution in [0.4, 0.5) is 17.1 Å². The molecule has 1 heterocycles. The minimum atomic E-state index is -4.23. The molecule has 0 aromatic heterocycles. The maximum absolute atomic E-state index is 12.7. The molecule has 10 N–H and O–H groups in total. The van der Waals surface area contributed by atoms with Crippen molar-refractivity contribution in [3.8, 4) is 0 Å². The Balaban J connectivity index is 0. The number of methoxy groups -OCH3 is 3. The summed E-state index contributed by atoms with van der Waals surface area (Å²) in [6, 6.07) is 14.8. The number of aliphatic hydroxyl groups excluding tert-OH is 4. The van der Waals surface area contributed by atoms with Crippen molar-refractivity contribution < 1.29 is 132 Å². The number of nitrogens with one attached hydrogen (secondary N) is 1. The van der Waals surface area contributed by atoms with E-state index >= 15 is 0 Å². The van der Waals surface area contributed by atoms with Crippen LogP contribution in [0, 0.1) is 30.3 Å². The first-order valence-corrected chi connectivity index (χ1v) is 29.3. The maximum atomic E-state index is 12.7. The molecule has 0 spiro atoms.